The number of piperidine rings is 1. The minimum Gasteiger partial charge on any atom is -0.324 e. The van der Waals surface area contributed by atoms with Crippen LogP contribution >= 0.6 is 39.9 Å². The van der Waals surface area contributed by atoms with Gasteiger partial charge in [-0.05, 0) is 70.1 Å². The lowest BCUT2D eigenvalue weighted by atomic mass is 9.93. The van der Waals surface area contributed by atoms with Crippen molar-refractivity contribution in [3.05, 3.63) is 27.7 Å². The summed E-state index contributed by atoms with van der Waals surface area (Å²) in [6, 6.07) is 5.47. The third-order valence-electron chi connectivity index (χ3n) is 4.08. The second-order valence-electron chi connectivity index (χ2n) is 5.78. The highest BCUT2D eigenvalue weighted by Gasteiger charge is 2.20. The average molecular weight is 425 g/mol. The van der Waals surface area contributed by atoms with E-state index < -0.39 is 0 Å². The van der Waals surface area contributed by atoms with Crippen LogP contribution in [0.2, 0.25) is 5.02 Å². The Morgan fingerprint density at radius 3 is 2.70 bits per heavy atom. The molecule has 1 aliphatic rings. The number of likely N-dealkylation sites (tertiary alicyclic amines) is 1. The van der Waals surface area contributed by atoms with Crippen LogP contribution in [0.1, 0.15) is 19.3 Å². The minimum atomic E-state index is -0.00195. The number of rotatable bonds is 6. The fourth-order valence-corrected chi connectivity index (χ4v) is 3.49. The molecule has 2 rings (SSSR count). The molecule has 130 valence electrons. The number of carbonyl (C=O) groups excluding carboxylic acids is 1. The zero-order valence-electron chi connectivity index (χ0n) is 13.3. The van der Waals surface area contributed by atoms with E-state index in [9.17, 15) is 4.79 Å². The van der Waals surface area contributed by atoms with Crippen LogP contribution in [0.4, 0.5) is 5.69 Å². The Hall–Kier alpha value is -0.330. The Morgan fingerprint density at radius 2 is 2.09 bits per heavy atom. The van der Waals surface area contributed by atoms with Crippen LogP contribution in [-0.4, -0.2) is 44.0 Å². The number of nitrogens with one attached hydrogen (secondary N) is 2. The summed E-state index contributed by atoms with van der Waals surface area (Å²) >= 11 is 9.48. The first-order valence-electron chi connectivity index (χ1n) is 7.70. The van der Waals surface area contributed by atoms with Crippen molar-refractivity contribution in [3.63, 3.8) is 0 Å². The lowest BCUT2D eigenvalue weighted by Gasteiger charge is -2.31. The van der Waals surface area contributed by atoms with E-state index in [-0.39, 0.29) is 18.3 Å². The molecule has 1 aliphatic heterocycles. The Kier molecular flexibility index (Phi) is 9.47. The zero-order chi connectivity index (χ0) is 15.9. The van der Waals surface area contributed by atoms with Crippen LogP contribution in [0.25, 0.3) is 0 Å². The molecule has 0 spiro atoms. The number of benzene rings is 1. The van der Waals surface area contributed by atoms with Gasteiger partial charge in [-0.1, -0.05) is 27.5 Å². The molecule has 1 aromatic carbocycles. The molecule has 0 atom stereocenters. The summed E-state index contributed by atoms with van der Waals surface area (Å²) in [6.45, 7) is 3.50. The van der Waals surface area contributed by atoms with Gasteiger partial charge in [-0.2, -0.15) is 0 Å². The van der Waals surface area contributed by atoms with Crippen LogP contribution in [0.3, 0.4) is 0 Å². The summed E-state index contributed by atoms with van der Waals surface area (Å²) < 4.78 is 0.902. The standard InChI is InChI=1S/C16H23BrClN3O.ClH/c1-19-7-4-12-5-8-21(9-6-12)11-16(22)20-15-3-2-13(17)10-14(15)18;/h2-3,10,12,19H,4-9,11H2,1H3,(H,20,22);1H. The van der Waals surface area contributed by atoms with Gasteiger partial charge in [0.05, 0.1) is 17.3 Å². The summed E-state index contributed by atoms with van der Waals surface area (Å²) in [5.41, 5.74) is 0.666. The first-order valence-corrected chi connectivity index (χ1v) is 8.87. The normalized spacial score (nSPS) is 16.0. The Balaban J connectivity index is 0.00000264. The fraction of sp³-hybridized carbons (Fsp3) is 0.562. The molecule has 1 amide bonds. The Morgan fingerprint density at radius 1 is 1.39 bits per heavy atom. The lowest BCUT2D eigenvalue weighted by Crippen LogP contribution is -2.39. The van der Waals surface area contributed by atoms with E-state index in [0.29, 0.717) is 17.3 Å². The van der Waals surface area contributed by atoms with Gasteiger partial charge in [-0.3, -0.25) is 9.69 Å². The van der Waals surface area contributed by atoms with E-state index in [0.717, 1.165) is 30.0 Å². The van der Waals surface area contributed by atoms with Gasteiger partial charge in [0.25, 0.3) is 0 Å². The highest BCUT2D eigenvalue weighted by Crippen LogP contribution is 2.26. The van der Waals surface area contributed by atoms with Gasteiger partial charge in [-0.25, -0.2) is 0 Å². The molecular formula is C16H24BrCl2N3O. The van der Waals surface area contributed by atoms with Crippen molar-refractivity contribution >= 4 is 51.5 Å². The predicted octanol–water partition coefficient (Wildman–Crippen LogP) is 3.78. The number of nitrogens with zero attached hydrogens (tertiary/aromatic N) is 1. The number of hydrogen-bond donors (Lipinski definition) is 2. The molecule has 0 aromatic heterocycles. The summed E-state index contributed by atoms with van der Waals surface area (Å²) in [6.07, 6.45) is 3.58. The molecule has 1 aromatic rings. The molecular weight excluding hydrogens is 401 g/mol. The maximum atomic E-state index is 12.1. The molecule has 1 heterocycles. The van der Waals surface area contributed by atoms with Crippen LogP contribution in [0, 0.1) is 5.92 Å². The average Bonchev–Trinajstić information content (AvgIpc) is 2.49. The first-order chi connectivity index (χ1) is 10.6. The van der Waals surface area contributed by atoms with Gasteiger partial charge >= 0.3 is 0 Å². The van der Waals surface area contributed by atoms with Crippen molar-refractivity contribution in [2.45, 2.75) is 19.3 Å². The molecule has 1 fully saturated rings. The van der Waals surface area contributed by atoms with Crippen molar-refractivity contribution in [2.75, 3.05) is 38.5 Å². The summed E-state index contributed by atoms with van der Waals surface area (Å²) in [7, 11) is 1.99. The van der Waals surface area contributed by atoms with Gasteiger partial charge in [0, 0.05) is 4.47 Å². The van der Waals surface area contributed by atoms with Crippen LogP contribution < -0.4 is 10.6 Å². The molecule has 0 radical (unpaired) electrons. The van der Waals surface area contributed by atoms with E-state index in [1.54, 1.807) is 6.07 Å². The van der Waals surface area contributed by atoms with Crippen molar-refractivity contribution in [3.8, 4) is 0 Å². The topological polar surface area (TPSA) is 44.4 Å². The summed E-state index contributed by atoms with van der Waals surface area (Å²) in [5, 5.41) is 6.64. The fourth-order valence-electron chi connectivity index (χ4n) is 2.77. The predicted molar refractivity (Wildman–Crippen MR) is 103 cm³/mol. The zero-order valence-corrected chi connectivity index (χ0v) is 16.4. The molecule has 0 saturated carbocycles. The van der Waals surface area contributed by atoms with E-state index in [1.165, 1.54) is 19.3 Å². The van der Waals surface area contributed by atoms with Gasteiger partial charge < -0.3 is 10.6 Å². The first kappa shape index (κ1) is 20.7. The maximum absolute atomic E-state index is 12.1. The molecule has 23 heavy (non-hydrogen) atoms. The van der Waals surface area contributed by atoms with Crippen LogP contribution in [-0.2, 0) is 4.79 Å². The van der Waals surface area contributed by atoms with E-state index in [2.05, 4.69) is 31.5 Å². The quantitative estimate of drug-likeness (QED) is 0.730. The molecule has 4 nitrogen and oxygen atoms in total. The number of hydrogen-bond acceptors (Lipinski definition) is 3. The van der Waals surface area contributed by atoms with Gasteiger partial charge in [-0.15, -0.1) is 12.4 Å². The third-order valence-corrected chi connectivity index (χ3v) is 4.89. The maximum Gasteiger partial charge on any atom is 0.238 e. The Labute approximate surface area is 157 Å². The van der Waals surface area contributed by atoms with Crippen molar-refractivity contribution < 1.29 is 4.79 Å². The highest BCUT2D eigenvalue weighted by atomic mass is 79.9. The molecule has 2 N–H and O–H groups in total. The molecule has 0 unspecified atom stereocenters. The second-order valence-corrected chi connectivity index (χ2v) is 7.11. The minimum absolute atomic E-state index is 0. The van der Waals surface area contributed by atoms with Gasteiger partial charge in [0.2, 0.25) is 5.91 Å². The molecule has 0 aliphatic carbocycles. The van der Waals surface area contributed by atoms with Crippen LogP contribution in [0.15, 0.2) is 22.7 Å². The lowest BCUT2D eigenvalue weighted by molar-refractivity contribution is -0.117. The number of anilines is 1. The largest absolute Gasteiger partial charge is 0.324 e. The third kappa shape index (κ3) is 6.98. The Bertz CT molecular complexity index is 508. The van der Waals surface area contributed by atoms with E-state index >= 15 is 0 Å². The number of amides is 1. The van der Waals surface area contributed by atoms with Crippen LogP contribution in [0.5, 0.6) is 0 Å². The highest BCUT2D eigenvalue weighted by molar-refractivity contribution is 9.10. The summed E-state index contributed by atoms with van der Waals surface area (Å²) in [5.74, 6) is 0.783. The molecule has 1 saturated heterocycles. The molecule has 7 heteroatoms. The van der Waals surface area contributed by atoms with E-state index in [1.807, 2.05) is 19.2 Å². The van der Waals surface area contributed by atoms with Crippen molar-refractivity contribution in [1.82, 2.24) is 10.2 Å². The number of carbonyl (C=O) groups is 1. The number of halogens is 3. The molecule has 0 bridgehead atoms. The monoisotopic (exact) mass is 423 g/mol. The van der Waals surface area contributed by atoms with Crippen molar-refractivity contribution in [1.29, 1.82) is 0 Å². The summed E-state index contributed by atoms with van der Waals surface area (Å²) in [4.78, 5) is 14.4. The smallest absolute Gasteiger partial charge is 0.238 e. The SMILES string of the molecule is CNCCC1CCN(CC(=O)Nc2ccc(Br)cc2Cl)CC1.Cl. The van der Waals surface area contributed by atoms with Crippen molar-refractivity contribution in [2.24, 2.45) is 5.92 Å². The van der Waals surface area contributed by atoms with Gasteiger partial charge in [0.15, 0.2) is 0 Å². The van der Waals surface area contributed by atoms with Gasteiger partial charge in [0.1, 0.15) is 0 Å². The second kappa shape index (κ2) is 10.5. The van der Waals surface area contributed by atoms with E-state index in [4.69, 9.17) is 11.6 Å².